The summed E-state index contributed by atoms with van der Waals surface area (Å²) in [6.07, 6.45) is 8.21. The quantitative estimate of drug-likeness (QED) is 0.440. The molecule has 1 saturated heterocycles. The molecule has 0 radical (unpaired) electrons. The highest BCUT2D eigenvalue weighted by Gasteiger charge is 2.44. The molecule has 8 heteroatoms. The van der Waals surface area contributed by atoms with Gasteiger partial charge < -0.3 is 5.32 Å². The zero-order valence-corrected chi connectivity index (χ0v) is 17.9. The van der Waals surface area contributed by atoms with Crippen LogP contribution in [-0.2, 0) is 9.59 Å². The van der Waals surface area contributed by atoms with Crippen molar-refractivity contribution in [3.8, 4) is 0 Å². The molecule has 5 amide bonds. The van der Waals surface area contributed by atoms with Gasteiger partial charge in [0.25, 0.3) is 17.7 Å². The standard InChI is InChI=1S/C23H29N3O5/c1-2-3-4-5-6-7-8-13-24-20(28)15-9-10-16-17(14-15)23(31)26(22(16)30)18-11-12-19(27)25-21(18)29/h9-10,14,18H,2-8,11-13H2,1H3,(H,24,28)(H,25,27,29). The Morgan fingerprint density at radius 1 is 1.00 bits per heavy atom. The molecular weight excluding hydrogens is 398 g/mol. The molecule has 2 heterocycles. The Labute approximate surface area is 181 Å². The van der Waals surface area contributed by atoms with E-state index in [1.165, 1.54) is 43.9 Å². The fourth-order valence-electron chi connectivity index (χ4n) is 4.00. The average molecular weight is 428 g/mol. The Bertz CT molecular complexity index is 895. The minimum atomic E-state index is -1.01. The van der Waals surface area contributed by atoms with Crippen LogP contribution in [-0.4, -0.2) is 47.0 Å². The van der Waals surface area contributed by atoms with Crippen molar-refractivity contribution in [2.45, 2.75) is 70.8 Å². The molecule has 1 fully saturated rings. The van der Waals surface area contributed by atoms with Crippen LogP contribution in [0.4, 0.5) is 0 Å². The lowest BCUT2D eigenvalue weighted by Crippen LogP contribution is -2.54. The van der Waals surface area contributed by atoms with E-state index in [2.05, 4.69) is 17.6 Å². The largest absolute Gasteiger partial charge is 0.352 e. The molecule has 3 rings (SSSR count). The molecule has 0 saturated carbocycles. The number of benzene rings is 1. The number of carbonyl (C=O) groups is 5. The van der Waals surface area contributed by atoms with Crippen molar-refractivity contribution < 1.29 is 24.0 Å². The predicted octanol–water partition coefficient (Wildman–Crippen LogP) is 2.57. The van der Waals surface area contributed by atoms with Gasteiger partial charge in [-0.15, -0.1) is 0 Å². The third kappa shape index (κ3) is 5.18. The van der Waals surface area contributed by atoms with Crippen molar-refractivity contribution in [1.29, 1.82) is 0 Å². The van der Waals surface area contributed by atoms with Gasteiger partial charge in [-0.2, -0.15) is 0 Å². The average Bonchev–Trinajstić information content (AvgIpc) is 3.00. The number of imide groups is 2. The van der Waals surface area contributed by atoms with Gasteiger partial charge in [-0.05, 0) is 31.0 Å². The molecule has 8 nitrogen and oxygen atoms in total. The summed E-state index contributed by atoms with van der Waals surface area (Å²) in [6, 6.07) is 3.35. The Kier molecular flexibility index (Phi) is 7.55. The fourth-order valence-corrected chi connectivity index (χ4v) is 4.00. The lowest BCUT2D eigenvalue weighted by atomic mass is 10.0. The summed E-state index contributed by atoms with van der Waals surface area (Å²) in [5.41, 5.74) is 0.574. The van der Waals surface area contributed by atoms with Crippen LogP contribution in [0, 0.1) is 0 Å². The number of piperidine rings is 1. The molecule has 1 unspecified atom stereocenters. The molecule has 31 heavy (non-hydrogen) atoms. The zero-order valence-electron chi connectivity index (χ0n) is 17.9. The SMILES string of the molecule is CCCCCCCCCNC(=O)c1ccc2c(c1)C(=O)N(C1CCC(=O)NC1=O)C2=O. The molecule has 2 aliphatic rings. The van der Waals surface area contributed by atoms with Gasteiger partial charge in [0.05, 0.1) is 11.1 Å². The fraction of sp³-hybridized carbons (Fsp3) is 0.522. The van der Waals surface area contributed by atoms with E-state index in [0.717, 1.165) is 24.2 Å². The van der Waals surface area contributed by atoms with Crippen LogP contribution in [0.2, 0.25) is 0 Å². The summed E-state index contributed by atoms with van der Waals surface area (Å²) in [5, 5.41) is 5.02. The van der Waals surface area contributed by atoms with E-state index < -0.39 is 29.7 Å². The number of carbonyl (C=O) groups excluding carboxylic acids is 5. The minimum Gasteiger partial charge on any atom is -0.352 e. The van der Waals surface area contributed by atoms with E-state index >= 15 is 0 Å². The van der Waals surface area contributed by atoms with Gasteiger partial charge in [0.15, 0.2) is 0 Å². The Morgan fingerprint density at radius 3 is 2.39 bits per heavy atom. The Hall–Kier alpha value is -3.03. The first-order valence-corrected chi connectivity index (χ1v) is 11.1. The van der Waals surface area contributed by atoms with Crippen molar-refractivity contribution in [2.75, 3.05) is 6.54 Å². The zero-order chi connectivity index (χ0) is 22.4. The molecule has 166 valence electrons. The third-order valence-electron chi connectivity index (χ3n) is 5.77. The lowest BCUT2D eigenvalue weighted by molar-refractivity contribution is -0.136. The second kappa shape index (κ2) is 10.3. The van der Waals surface area contributed by atoms with Crippen LogP contribution in [0.3, 0.4) is 0 Å². The lowest BCUT2D eigenvalue weighted by Gasteiger charge is -2.27. The number of nitrogens with zero attached hydrogens (tertiary/aromatic N) is 1. The van der Waals surface area contributed by atoms with Gasteiger partial charge in [0.2, 0.25) is 11.8 Å². The van der Waals surface area contributed by atoms with Crippen LogP contribution >= 0.6 is 0 Å². The number of hydrogen-bond acceptors (Lipinski definition) is 5. The van der Waals surface area contributed by atoms with Gasteiger partial charge >= 0.3 is 0 Å². The second-order valence-electron chi connectivity index (χ2n) is 8.08. The van der Waals surface area contributed by atoms with Crippen molar-refractivity contribution >= 4 is 29.5 Å². The number of rotatable bonds is 10. The highest BCUT2D eigenvalue weighted by molar-refractivity contribution is 6.24. The van der Waals surface area contributed by atoms with Crippen LogP contribution in [0.15, 0.2) is 18.2 Å². The highest BCUT2D eigenvalue weighted by atomic mass is 16.2. The van der Waals surface area contributed by atoms with Gasteiger partial charge in [0, 0.05) is 18.5 Å². The van der Waals surface area contributed by atoms with E-state index in [1.54, 1.807) is 0 Å². The van der Waals surface area contributed by atoms with Crippen molar-refractivity contribution in [2.24, 2.45) is 0 Å². The van der Waals surface area contributed by atoms with E-state index in [1.807, 2.05) is 0 Å². The van der Waals surface area contributed by atoms with Crippen molar-refractivity contribution in [3.05, 3.63) is 34.9 Å². The second-order valence-corrected chi connectivity index (χ2v) is 8.08. The van der Waals surface area contributed by atoms with Crippen LogP contribution < -0.4 is 10.6 Å². The van der Waals surface area contributed by atoms with Crippen molar-refractivity contribution in [3.63, 3.8) is 0 Å². The number of amides is 5. The molecule has 0 aliphatic carbocycles. The highest BCUT2D eigenvalue weighted by Crippen LogP contribution is 2.28. The van der Waals surface area contributed by atoms with Gasteiger partial charge in [0.1, 0.15) is 6.04 Å². The molecule has 0 aromatic heterocycles. The first-order chi connectivity index (χ1) is 14.9. The van der Waals surface area contributed by atoms with Crippen LogP contribution in [0.25, 0.3) is 0 Å². The first-order valence-electron chi connectivity index (χ1n) is 11.1. The summed E-state index contributed by atoms with van der Waals surface area (Å²) < 4.78 is 0. The summed E-state index contributed by atoms with van der Waals surface area (Å²) >= 11 is 0. The first kappa shape index (κ1) is 22.7. The number of unbranched alkanes of at least 4 members (excludes halogenated alkanes) is 6. The van der Waals surface area contributed by atoms with E-state index in [-0.39, 0.29) is 29.9 Å². The van der Waals surface area contributed by atoms with E-state index in [4.69, 9.17) is 0 Å². The van der Waals surface area contributed by atoms with Gasteiger partial charge in [-0.3, -0.25) is 34.2 Å². The number of nitrogens with one attached hydrogen (secondary N) is 2. The van der Waals surface area contributed by atoms with E-state index in [0.29, 0.717) is 12.1 Å². The Balaban J connectivity index is 1.57. The molecule has 1 atom stereocenters. The summed E-state index contributed by atoms with van der Waals surface area (Å²) in [7, 11) is 0. The van der Waals surface area contributed by atoms with E-state index in [9.17, 15) is 24.0 Å². The minimum absolute atomic E-state index is 0.0655. The molecular formula is C23H29N3O5. The van der Waals surface area contributed by atoms with Crippen LogP contribution in [0.5, 0.6) is 0 Å². The Morgan fingerprint density at radius 2 is 1.68 bits per heavy atom. The monoisotopic (exact) mass is 427 g/mol. The molecule has 2 aliphatic heterocycles. The molecule has 2 N–H and O–H groups in total. The topological polar surface area (TPSA) is 113 Å². The molecule has 0 bridgehead atoms. The van der Waals surface area contributed by atoms with Crippen molar-refractivity contribution in [1.82, 2.24) is 15.5 Å². The molecule has 1 aromatic carbocycles. The van der Waals surface area contributed by atoms with Gasteiger partial charge in [-0.1, -0.05) is 45.4 Å². The molecule has 1 aromatic rings. The maximum absolute atomic E-state index is 12.8. The maximum Gasteiger partial charge on any atom is 0.262 e. The van der Waals surface area contributed by atoms with Crippen LogP contribution in [0.1, 0.15) is 95.8 Å². The summed E-state index contributed by atoms with van der Waals surface area (Å²) in [4.78, 5) is 62.3. The smallest absolute Gasteiger partial charge is 0.262 e. The predicted molar refractivity (Wildman–Crippen MR) is 113 cm³/mol. The third-order valence-corrected chi connectivity index (χ3v) is 5.77. The van der Waals surface area contributed by atoms with Gasteiger partial charge in [-0.25, -0.2) is 0 Å². The maximum atomic E-state index is 12.8. The number of fused-ring (bicyclic) bond motifs is 1. The summed E-state index contributed by atoms with van der Waals surface area (Å²) in [6.45, 7) is 2.74. The number of hydrogen-bond donors (Lipinski definition) is 2. The summed E-state index contributed by atoms with van der Waals surface area (Å²) in [5.74, 6) is -2.56. The normalized spacial score (nSPS) is 18.2. The molecule has 0 spiro atoms.